The van der Waals surface area contributed by atoms with Gasteiger partial charge in [-0.15, -0.1) is 0 Å². The first-order valence-corrected chi connectivity index (χ1v) is 5.58. The summed E-state index contributed by atoms with van der Waals surface area (Å²) in [4.78, 5) is 11.7. The summed E-state index contributed by atoms with van der Waals surface area (Å²) in [5.41, 5.74) is 0.164. The van der Waals surface area contributed by atoms with Gasteiger partial charge < -0.3 is 14.8 Å². The number of hydrogen-bond acceptors (Lipinski definition) is 4. The molecule has 0 spiro atoms. The molecule has 1 unspecified atom stereocenters. The van der Waals surface area contributed by atoms with E-state index in [1.54, 1.807) is 6.08 Å². The van der Waals surface area contributed by atoms with E-state index in [0.717, 1.165) is 0 Å². The molecule has 0 radical (unpaired) electrons. The maximum Gasteiger partial charge on any atom is 0.455 e. The molecule has 2 N–H and O–H groups in total. The molecule has 0 saturated carbocycles. The molecule has 0 aromatic heterocycles. The number of carbonyl (C=O) groups is 1. The van der Waals surface area contributed by atoms with Gasteiger partial charge in [0.05, 0.1) is 0 Å². The van der Waals surface area contributed by atoms with Crippen molar-refractivity contribution < 1.29 is 19.6 Å². The van der Waals surface area contributed by atoms with Crippen molar-refractivity contribution in [3.8, 4) is 0 Å². The lowest BCUT2D eigenvalue weighted by Gasteiger charge is -2.24. The maximum atomic E-state index is 11.7. The van der Waals surface area contributed by atoms with Gasteiger partial charge in [-0.1, -0.05) is 6.08 Å². The van der Waals surface area contributed by atoms with Gasteiger partial charge in [0.2, 0.25) is 0 Å². The van der Waals surface area contributed by atoms with Crippen molar-refractivity contribution in [1.82, 2.24) is 0 Å². The molecule has 0 bridgehead atoms. The van der Waals surface area contributed by atoms with Crippen LogP contribution in [0.3, 0.4) is 0 Å². The Labute approximate surface area is 96.4 Å². The fourth-order valence-electron chi connectivity index (χ4n) is 1.65. The third kappa shape index (κ3) is 3.98. The first-order chi connectivity index (χ1) is 7.29. The SMILES string of the molecule is CC(C)(C)OC(=O)C1=CCC(B(O)O)CC1. The van der Waals surface area contributed by atoms with Crippen LogP contribution in [0.2, 0.25) is 5.82 Å². The van der Waals surface area contributed by atoms with Crippen molar-refractivity contribution in [3.63, 3.8) is 0 Å². The van der Waals surface area contributed by atoms with Crippen LogP contribution >= 0.6 is 0 Å². The maximum absolute atomic E-state index is 11.7. The molecule has 0 aromatic carbocycles. The number of hydrogen-bond donors (Lipinski definition) is 2. The third-order valence-corrected chi connectivity index (χ3v) is 2.53. The number of esters is 1. The molecule has 5 heteroatoms. The number of rotatable bonds is 2. The molecule has 1 aliphatic rings. The van der Waals surface area contributed by atoms with Crippen LogP contribution in [-0.4, -0.2) is 28.7 Å². The number of carbonyl (C=O) groups excluding carboxylic acids is 1. The van der Waals surface area contributed by atoms with Crippen LogP contribution in [0.15, 0.2) is 11.6 Å². The van der Waals surface area contributed by atoms with Crippen LogP contribution in [0.4, 0.5) is 0 Å². The van der Waals surface area contributed by atoms with Crippen LogP contribution < -0.4 is 0 Å². The van der Waals surface area contributed by atoms with E-state index in [1.807, 2.05) is 20.8 Å². The van der Waals surface area contributed by atoms with Gasteiger partial charge in [0, 0.05) is 5.57 Å². The van der Waals surface area contributed by atoms with Crippen molar-refractivity contribution in [1.29, 1.82) is 0 Å². The van der Waals surface area contributed by atoms with Crippen LogP contribution in [0, 0.1) is 0 Å². The van der Waals surface area contributed by atoms with Crippen molar-refractivity contribution in [2.24, 2.45) is 0 Å². The van der Waals surface area contributed by atoms with Crippen LogP contribution in [0.5, 0.6) is 0 Å². The minimum Gasteiger partial charge on any atom is -0.457 e. The van der Waals surface area contributed by atoms with Gasteiger partial charge in [-0.25, -0.2) is 4.79 Å². The second-order valence-corrected chi connectivity index (χ2v) is 5.18. The Balaban J connectivity index is 2.54. The Morgan fingerprint density at radius 1 is 1.50 bits per heavy atom. The van der Waals surface area contributed by atoms with Gasteiger partial charge >= 0.3 is 13.1 Å². The van der Waals surface area contributed by atoms with E-state index >= 15 is 0 Å². The lowest BCUT2D eigenvalue weighted by atomic mass is 9.66. The zero-order valence-electron chi connectivity index (χ0n) is 10.1. The second kappa shape index (κ2) is 5.02. The highest BCUT2D eigenvalue weighted by molar-refractivity contribution is 6.43. The molecule has 4 nitrogen and oxygen atoms in total. The highest BCUT2D eigenvalue weighted by Crippen LogP contribution is 2.30. The summed E-state index contributed by atoms with van der Waals surface area (Å²) < 4.78 is 5.24. The van der Waals surface area contributed by atoms with E-state index in [1.165, 1.54) is 0 Å². The zero-order chi connectivity index (χ0) is 12.3. The van der Waals surface area contributed by atoms with E-state index in [2.05, 4.69) is 0 Å². The summed E-state index contributed by atoms with van der Waals surface area (Å²) in [7, 11) is -1.29. The summed E-state index contributed by atoms with van der Waals surface area (Å²) in [6, 6.07) is 0. The number of allylic oxidation sites excluding steroid dienone is 1. The highest BCUT2D eigenvalue weighted by atomic mass is 16.6. The average Bonchev–Trinajstić information content (AvgIpc) is 2.15. The monoisotopic (exact) mass is 226 g/mol. The molecule has 90 valence electrons. The van der Waals surface area contributed by atoms with Gasteiger partial charge in [0.25, 0.3) is 0 Å². The Kier molecular flexibility index (Phi) is 4.16. The van der Waals surface area contributed by atoms with E-state index in [4.69, 9.17) is 14.8 Å². The van der Waals surface area contributed by atoms with Crippen LogP contribution in [0.1, 0.15) is 40.0 Å². The molecule has 0 heterocycles. The quantitative estimate of drug-likeness (QED) is 0.549. The summed E-state index contributed by atoms with van der Waals surface area (Å²) in [6.45, 7) is 5.48. The molecule has 1 atom stereocenters. The normalized spacial score (nSPS) is 21.3. The first kappa shape index (κ1) is 13.3. The third-order valence-electron chi connectivity index (χ3n) is 2.53. The van der Waals surface area contributed by atoms with Crippen molar-refractivity contribution >= 4 is 13.1 Å². The molecule has 0 aromatic rings. The van der Waals surface area contributed by atoms with E-state index < -0.39 is 12.7 Å². The van der Waals surface area contributed by atoms with Gasteiger partial charge in [0.1, 0.15) is 5.60 Å². The summed E-state index contributed by atoms with van der Waals surface area (Å²) in [5, 5.41) is 18.0. The van der Waals surface area contributed by atoms with Crippen molar-refractivity contribution in [3.05, 3.63) is 11.6 Å². The lowest BCUT2D eigenvalue weighted by Crippen LogP contribution is -2.27. The molecular weight excluding hydrogens is 207 g/mol. The van der Waals surface area contributed by atoms with E-state index in [9.17, 15) is 4.79 Å². The summed E-state index contributed by atoms with van der Waals surface area (Å²) >= 11 is 0. The Morgan fingerprint density at radius 2 is 2.12 bits per heavy atom. The minimum atomic E-state index is -1.29. The van der Waals surface area contributed by atoms with Gasteiger partial charge in [-0.05, 0) is 45.9 Å². The van der Waals surface area contributed by atoms with Gasteiger partial charge in [-0.3, -0.25) is 0 Å². The topological polar surface area (TPSA) is 66.8 Å². The Hall–Kier alpha value is -0.805. The zero-order valence-corrected chi connectivity index (χ0v) is 10.1. The smallest absolute Gasteiger partial charge is 0.455 e. The predicted molar refractivity (Wildman–Crippen MR) is 61.7 cm³/mol. The van der Waals surface area contributed by atoms with Gasteiger partial charge in [-0.2, -0.15) is 0 Å². The molecule has 0 amide bonds. The molecule has 1 rings (SSSR count). The minimum absolute atomic E-state index is 0.161. The summed E-state index contributed by atoms with van der Waals surface area (Å²) in [5.74, 6) is -0.454. The van der Waals surface area contributed by atoms with E-state index in [-0.39, 0.29) is 11.8 Å². The fraction of sp³-hybridized carbons (Fsp3) is 0.727. The largest absolute Gasteiger partial charge is 0.457 e. The molecule has 1 aliphatic carbocycles. The van der Waals surface area contributed by atoms with Crippen LogP contribution in [0.25, 0.3) is 0 Å². The standard InChI is InChI=1S/C11H19BO4/c1-11(2,3)16-10(13)8-4-6-9(7-5-8)12(14)15/h4,9,14-15H,5-7H2,1-3H3. The lowest BCUT2D eigenvalue weighted by molar-refractivity contribution is -0.150. The van der Waals surface area contributed by atoms with Crippen molar-refractivity contribution in [2.75, 3.05) is 0 Å². The number of ether oxygens (including phenoxy) is 1. The molecule has 0 saturated heterocycles. The van der Waals surface area contributed by atoms with Crippen molar-refractivity contribution in [2.45, 2.75) is 51.5 Å². The molecular formula is C11H19BO4. The molecule has 16 heavy (non-hydrogen) atoms. The second-order valence-electron chi connectivity index (χ2n) is 5.18. The Morgan fingerprint density at radius 3 is 2.50 bits per heavy atom. The molecule has 0 aliphatic heterocycles. The average molecular weight is 226 g/mol. The van der Waals surface area contributed by atoms with E-state index in [0.29, 0.717) is 24.8 Å². The summed E-state index contributed by atoms with van der Waals surface area (Å²) in [6.07, 6.45) is 3.44. The van der Waals surface area contributed by atoms with Crippen LogP contribution in [-0.2, 0) is 9.53 Å². The highest BCUT2D eigenvalue weighted by Gasteiger charge is 2.28. The fourth-order valence-corrected chi connectivity index (χ4v) is 1.65. The molecule has 0 fully saturated rings. The Bertz CT molecular complexity index is 291. The predicted octanol–water partition coefficient (Wildman–Crippen LogP) is 1.28. The first-order valence-electron chi connectivity index (χ1n) is 5.58. The van der Waals surface area contributed by atoms with Gasteiger partial charge in [0.15, 0.2) is 0 Å².